The first-order valence-electron chi connectivity index (χ1n) is 9.34. The van der Waals surface area contributed by atoms with E-state index >= 15 is 0 Å². The SMILES string of the molecule is CC(NC(=O)C(CC(N)=O)NC(=O)C(CC(N)=O)NC(=O)C(N)Cc1cnc[nH]1)C(=O)O. The van der Waals surface area contributed by atoms with Gasteiger partial charge in [0.1, 0.15) is 18.1 Å². The van der Waals surface area contributed by atoms with Crippen molar-refractivity contribution in [1.29, 1.82) is 0 Å². The molecule has 0 saturated heterocycles. The van der Waals surface area contributed by atoms with E-state index in [0.29, 0.717) is 5.69 Å². The average Bonchev–Trinajstić information content (AvgIpc) is 3.18. The first kappa shape index (κ1) is 26.0. The molecule has 32 heavy (non-hydrogen) atoms. The van der Waals surface area contributed by atoms with Crippen LogP contribution in [0.3, 0.4) is 0 Å². The molecule has 0 aliphatic heterocycles. The summed E-state index contributed by atoms with van der Waals surface area (Å²) in [5.74, 6) is -6.10. The molecule has 0 aliphatic rings. The number of primary amides is 2. The number of hydrogen-bond acceptors (Lipinski definition) is 8. The maximum atomic E-state index is 12.6. The molecule has 0 radical (unpaired) electrons. The summed E-state index contributed by atoms with van der Waals surface area (Å²) in [4.78, 5) is 77.4. The Bertz CT molecular complexity index is 857. The fourth-order valence-electron chi connectivity index (χ4n) is 2.47. The third-order valence-electron chi connectivity index (χ3n) is 4.14. The Balaban J connectivity index is 2.90. The number of carboxylic acids is 1. The molecule has 0 saturated carbocycles. The maximum Gasteiger partial charge on any atom is 0.325 e. The number of rotatable bonds is 13. The van der Waals surface area contributed by atoms with Crippen LogP contribution < -0.4 is 33.2 Å². The molecule has 0 aromatic carbocycles. The second-order valence-electron chi connectivity index (χ2n) is 6.92. The lowest BCUT2D eigenvalue weighted by molar-refractivity contribution is -0.142. The van der Waals surface area contributed by atoms with Crippen LogP contribution in [0, 0.1) is 0 Å². The predicted molar refractivity (Wildman–Crippen MR) is 107 cm³/mol. The molecule has 0 spiro atoms. The number of aromatic amines is 1. The van der Waals surface area contributed by atoms with Crippen molar-refractivity contribution < 1.29 is 33.9 Å². The Kier molecular flexibility index (Phi) is 9.75. The van der Waals surface area contributed by atoms with Crippen LogP contribution in [-0.2, 0) is 35.2 Å². The van der Waals surface area contributed by atoms with Crippen LogP contribution in [0.15, 0.2) is 12.5 Å². The summed E-state index contributed by atoms with van der Waals surface area (Å²) in [6.45, 7) is 1.17. The van der Waals surface area contributed by atoms with Crippen LogP contribution in [0.1, 0.15) is 25.5 Å². The molecule has 11 N–H and O–H groups in total. The van der Waals surface area contributed by atoms with Gasteiger partial charge in [0.05, 0.1) is 25.2 Å². The standard InChI is InChI=1S/C17H26N8O7/c1-7(17(31)32)23-15(29)10(3-12(19)26)25-16(30)11(4-13(20)27)24-14(28)9(18)2-8-5-21-6-22-8/h5-7,9-11H,2-4,18H2,1H3,(H2,19,26)(H2,20,27)(H,21,22)(H,23,29)(H,24,28)(H,25,30)(H,31,32). The van der Waals surface area contributed by atoms with E-state index in [1.54, 1.807) is 0 Å². The van der Waals surface area contributed by atoms with E-state index in [-0.39, 0.29) is 6.42 Å². The van der Waals surface area contributed by atoms with Crippen LogP contribution in [0.5, 0.6) is 0 Å². The van der Waals surface area contributed by atoms with Crippen molar-refractivity contribution >= 4 is 35.5 Å². The zero-order valence-electron chi connectivity index (χ0n) is 17.2. The largest absolute Gasteiger partial charge is 0.480 e. The summed E-state index contributed by atoms with van der Waals surface area (Å²) in [6, 6.07) is -5.52. The molecule has 176 valence electrons. The lowest BCUT2D eigenvalue weighted by Crippen LogP contribution is -2.58. The first-order chi connectivity index (χ1) is 14.9. The molecule has 15 heteroatoms. The smallest absolute Gasteiger partial charge is 0.325 e. The lowest BCUT2D eigenvalue weighted by atomic mass is 10.1. The summed E-state index contributed by atoms with van der Waals surface area (Å²) >= 11 is 0. The first-order valence-corrected chi connectivity index (χ1v) is 9.34. The normalized spacial score (nSPS) is 14.3. The van der Waals surface area contributed by atoms with Crippen molar-refractivity contribution in [1.82, 2.24) is 25.9 Å². The summed E-state index contributed by atoms with van der Waals surface area (Å²) in [6.07, 6.45) is 1.59. The molecule has 1 heterocycles. The van der Waals surface area contributed by atoms with E-state index in [4.69, 9.17) is 22.3 Å². The fourth-order valence-corrected chi connectivity index (χ4v) is 2.47. The van der Waals surface area contributed by atoms with Crippen LogP contribution in [0.4, 0.5) is 0 Å². The fraction of sp³-hybridized carbons (Fsp3) is 0.471. The van der Waals surface area contributed by atoms with Crippen LogP contribution >= 0.6 is 0 Å². The number of nitrogens with zero attached hydrogens (tertiary/aromatic N) is 1. The van der Waals surface area contributed by atoms with E-state index in [1.165, 1.54) is 19.4 Å². The van der Waals surface area contributed by atoms with Gasteiger partial charge in [0.2, 0.25) is 29.5 Å². The van der Waals surface area contributed by atoms with E-state index in [1.807, 2.05) is 0 Å². The van der Waals surface area contributed by atoms with Gasteiger partial charge in [-0.1, -0.05) is 0 Å². The van der Waals surface area contributed by atoms with E-state index in [0.717, 1.165) is 0 Å². The van der Waals surface area contributed by atoms with Crippen molar-refractivity contribution in [3.8, 4) is 0 Å². The Morgan fingerprint density at radius 1 is 0.969 bits per heavy atom. The zero-order chi connectivity index (χ0) is 24.4. The van der Waals surface area contributed by atoms with Crippen molar-refractivity contribution in [2.45, 2.75) is 50.4 Å². The highest BCUT2D eigenvalue weighted by molar-refractivity contribution is 5.97. The molecule has 1 aromatic rings. The Morgan fingerprint density at radius 3 is 1.91 bits per heavy atom. The number of carboxylic acid groups (broad SMARTS) is 1. The molecule has 15 nitrogen and oxygen atoms in total. The van der Waals surface area contributed by atoms with Gasteiger partial charge >= 0.3 is 5.97 Å². The van der Waals surface area contributed by atoms with Gasteiger partial charge in [-0.25, -0.2) is 4.98 Å². The van der Waals surface area contributed by atoms with Gasteiger partial charge in [-0.05, 0) is 6.92 Å². The summed E-state index contributed by atoms with van der Waals surface area (Å²) in [7, 11) is 0. The number of carbonyl (C=O) groups excluding carboxylic acids is 5. The van der Waals surface area contributed by atoms with E-state index in [2.05, 4.69) is 25.9 Å². The lowest BCUT2D eigenvalue weighted by Gasteiger charge is -2.23. The van der Waals surface area contributed by atoms with Crippen molar-refractivity contribution in [3.63, 3.8) is 0 Å². The summed E-state index contributed by atoms with van der Waals surface area (Å²) in [5, 5.41) is 15.4. The van der Waals surface area contributed by atoms with Gasteiger partial charge < -0.3 is 43.2 Å². The number of hydrogen-bond donors (Lipinski definition) is 8. The molecular weight excluding hydrogens is 428 g/mol. The van der Waals surface area contributed by atoms with Gasteiger partial charge in [-0.3, -0.25) is 28.8 Å². The Hall–Kier alpha value is -4.01. The summed E-state index contributed by atoms with van der Waals surface area (Å²) in [5.41, 5.74) is 16.6. The Labute approximate surface area is 181 Å². The third-order valence-corrected chi connectivity index (χ3v) is 4.14. The second kappa shape index (κ2) is 12.0. The quantitative estimate of drug-likeness (QED) is 0.143. The van der Waals surface area contributed by atoms with Crippen molar-refractivity contribution in [2.24, 2.45) is 17.2 Å². The molecule has 4 unspecified atom stereocenters. The number of nitrogens with one attached hydrogen (secondary N) is 4. The van der Waals surface area contributed by atoms with Gasteiger partial charge in [-0.2, -0.15) is 0 Å². The summed E-state index contributed by atoms with van der Waals surface area (Å²) < 4.78 is 0. The number of H-pyrrole nitrogens is 1. The Morgan fingerprint density at radius 2 is 1.47 bits per heavy atom. The van der Waals surface area contributed by atoms with Crippen LogP contribution in [-0.4, -0.2) is 74.7 Å². The molecule has 1 aromatic heterocycles. The van der Waals surface area contributed by atoms with Crippen LogP contribution in [0.2, 0.25) is 0 Å². The van der Waals surface area contributed by atoms with Crippen LogP contribution in [0.25, 0.3) is 0 Å². The molecular formula is C17H26N8O7. The van der Waals surface area contributed by atoms with E-state index < -0.39 is 72.5 Å². The topological polar surface area (TPSA) is 265 Å². The number of amides is 5. The van der Waals surface area contributed by atoms with Gasteiger partial charge in [0.25, 0.3) is 0 Å². The number of aromatic nitrogens is 2. The second-order valence-corrected chi connectivity index (χ2v) is 6.92. The minimum atomic E-state index is -1.56. The molecule has 4 atom stereocenters. The van der Waals surface area contributed by atoms with Gasteiger partial charge in [-0.15, -0.1) is 0 Å². The number of aliphatic carboxylic acids is 1. The average molecular weight is 454 g/mol. The van der Waals surface area contributed by atoms with E-state index in [9.17, 15) is 28.8 Å². The maximum absolute atomic E-state index is 12.6. The third kappa shape index (κ3) is 8.78. The predicted octanol–water partition coefficient (Wildman–Crippen LogP) is -4.41. The highest BCUT2D eigenvalue weighted by Crippen LogP contribution is 2.01. The molecule has 0 aliphatic carbocycles. The highest BCUT2D eigenvalue weighted by Gasteiger charge is 2.31. The molecule has 0 bridgehead atoms. The van der Waals surface area contributed by atoms with Gasteiger partial charge in [0, 0.05) is 18.3 Å². The monoisotopic (exact) mass is 454 g/mol. The zero-order valence-corrected chi connectivity index (χ0v) is 17.2. The number of imidazole rings is 1. The number of nitrogens with two attached hydrogens (primary N) is 3. The van der Waals surface area contributed by atoms with Crippen molar-refractivity contribution in [2.75, 3.05) is 0 Å². The van der Waals surface area contributed by atoms with Gasteiger partial charge in [0.15, 0.2) is 0 Å². The minimum absolute atomic E-state index is 0.0521. The molecule has 0 fully saturated rings. The molecule has 5 amide bonds. The molecule has 1 rings (SSSR count). The highest BCUT2D eigenvalue weighted by atomic mass is 16.4. The number of carbonyl (C=O) groups is 6. The van der Waals surface area contributed by atoms with Crippen molar-refractivity contribution in [3.05, 3.63) is 18.2 Å². The minimum Gasteiger partial charge on any atom is -0.480 e.